The van der Waals surface area contributed by atoms with E-state index in [1.807, 2.05) is 24.3 Å². The Kier molecular flexibility index (Phi) is 4.02. The summed E-state index contributed by atoms with van der Waals surface area (Å²) >= 11 is 0. The van der Waals surface area contributed by atoms with Crippen LogP contribution in [-0.4, -0.2) is 34.6 Å². The molecule has 0 aliphatic carbocycles. The summed E-state index contributed by atoms with van der Waals surface area (Å²) < 4.78 is 12.1. The number of carbonyl (C=O) groups is 1. The number of aromatic carboxylic acids is 1. The lowest BCUT2D eigenvalue weighted by Crippen LogP contribution is -2.09. The molecule has 19 heavy (non-hydrogen) atoms. The number of benzene rings is 1. The maximum absolute atomic E-state index is 10.7. The van der Waals surface area contributed by atoms with Gasteiger partial charge in [-0.25, -0.2) is 4.79 Å². The first-order valence-corrected chi connectivity index (χ1v) is 5.72. The number of nitrogens with zero attached hydrogens (tertiary/aromatic N) is 2. The van der Waals surface area contributed by atoms with Crippen LogP contribution in [0.3, 0.4) is 0 Å². The van der Waals surface area contributed by atoms with E-state index in [1.165, 1.54) is 10.7 Å². The minimum Gasteiger partial charge on any atom is -0.497 e. The molecule has 0 atom stereocenters. The summed E-state index contributed by atoms with van der Waals surface area (Å²) in [5, 5.41) is 12.6. The van der Waals surface area contributed by atoms with Gasteiger partial charge in [0.05, 0.1) is 13.7 Å². The Hall–Kier alpha value is -2.50. The standard InChI is InChI=1S/C13H14N2O4/c1-18-10-2-4-11(5-3-10)19-9-8-15-7-6-12(14-15)13(16)17/h2-7H,8-9H2,1H3,(H,16,17). The van der Waals surface area contributed by atoms with Gasteiger partial charge < -0.3 is 14.6 Å². The van der Waals surface area contributed by atoms with Crippen molar-refractivity contribution < 1.29 is 19.4 Å². The molecule has 1 heterocycles. The predicted molar refractivity (Wildman–Crippen MR) is 67.7 cm³/mol. The first kappa shape index (κ1) is 12.9. The van der Waals surface area contributed by atoms with Gasteiger partial charge in [-0.1, -0.05) is 0 Å². The number of hydrogen-bond donors (Lipinski definition) is 1. The zero-order valence-electron chi connectivity index (χ0n) is 10.4. The lowest BCUT2D eigenvalue weighted by atomic mass is 10.3. The van der Waals surface area contributed by atoms with E-state index in [4.69, 9.17) is 14.6 Å². The Morgan fingerprint density at radius 1 is 1.26 bits per heavy atom. The van der Waals surface area contributed by atoms with Gasteiger partial charge in [0.1, 0.15) is 18.1 Å². The van der Waals surface area contributed by atoms with Gasteiger partial charge in [-0.2, -0.15) is 5.10 Å². The van der Waals surface area contributed by atoms with Crippen molar-refractivity contribution in [3.63, 3.8) is 0 Å². The Labute approximate surface area is 110 Å². The van der Waals surface area contributed by atoms with E-state index >= 15 is 0 Å². The van der Waals surface area contributed by atoms with E-state index in [9.17, 15) is 4.79 Å². The molecule has 0 unspecified atom stereocenters. The van der Waals surface area contributed by atoms with Crippen LogP contribution in [0.15, 0.2) is 36.5 Å². The molecular weight excluding hydrogens is 248 g/mol. The largest absolute Gasteiger partial charge is 0.497 e. The molecule has 0 aliphatic rings. The quantitative estimate of drug-likeness (QED) is 0.857. The number of hydrogen-bond acceptors (Lipinski definition) is 4. The van der Waals surface area contributed by atoms with Crippen LogP contribution >= 0.6 is 0 Å². The molecule has 0 spiro atoms. The first-order valence-electron chi connectivity index (χ1n) is 5.72. The third kappa shape index (κ3) is 3.48. The highest BCUT2D eigenvalue weighted by molar-refractivity contribution is 5.84. The molecule has 1 N–H and O–H groups in total. The van der Waals surface area contributed by atoms with Crippen LogP contribution in [-0.2, 0) is 6.54 Å². The van der Waals surface area contributed by atoms with E-state index in [1.54, 1.807) is 13.3 Å². The average Bonchev–Trinajstić information content (AvgIpc) is 2.89. The number of rotatable bonds is 6. The third-order valence-electron chi connectivity index (χ3n) is 2.51. The van der Waals surface area contributed by atoms with Gasteiger partial charge in [-0.05, 0) is 30.3 Å². The maximum Gasteiger partial charge on any atom is 0.356 e. The average molecular weight is 262 g/mol. The zero-order valence-corrected chi connectivity index (χ0v) is 10.4. The van der Waals surface area contributed by atoms with Gasteiger partial charge in [0.15, 0.2) is 5.69 Å². The number of carboxylic acids is 1. The van der Waals surface area contributed by atoms with Crippen molar-refractivity contribution in [3.05, 3.63) is 42.2 Å². The van der Waals surface area contributed by atoms with Crippen molar-refractivity contribution in [3.8, 4) is 11.5 Å². The van der Waals surface area contributed by atoms with Gasteiger partial charge in [0.2, 0.25) is 0 Å². The van der Waals surface area contributed by atoms with Crippen molar-refractivity contribution >= 4 is 5.97 Å². The molecule has 0 radical (unpaired) electrons. The Morgan fingerprint density at radius 3 is 2.53 bits per heavy atom. The minimum absolute atomic E-state index is 0.0319. The Morgan fingerprint density at radius 2 is 1.95 bits per heavy atom. The summed E-state index contributed by atoms with van der Waals surface area (Å²) in [6.45, 7) is 0.895. The summed E-state index contributed by atoms with van der Waals surface area (Å²) in [4.78, 5) is 10.7. The fourth-order valence-corrected chi connectivity index (χ4v) is 1.53. The maximum atomic E-state index is 10.7. The number of carboxylic acid groups (broad SMARTS) is 1. The monoisotopic (exact) mass is 262 g/mol. The van der Waals surface area contributed by atoms with E-state index in [0.29, 0.717) is 13.2 Å². The normalized spacial score (nSPS) is 10.2. The summed E-state index contributed by atoms with van der Waals surface area (Å²) in [5.74, 6) is 0.465. The van der Waals surface area contributed by atoms with Crippen molar-refractivity contribution in [2.24, 2.45) is 0 Å². The van der Waals surface area contributed by atoms with Crippen LogP contribution in [0.2, 0.25) is 0 Å². The summed E-state index contributed by atoms with van der Waals surface area (Å²) in [7, 11) is 1.60. The van der Waals surface area contributed by atoms with Crippen LogP contribution in [0.25, 0.3) is 0 Å². The second-order valence-electron chi connectivity index (χ2n) is 3.79. The molecule has 0 aliphatic heterocycles. The number of ether oxygens (including phenoxy) is 2. The fourth-order valence-electron chi connectivity index (χ4n) is 1.53. The van der Waals surface area contributed by atoms with Crippen LogP contribution in [0.5, 0.6) is 11.5 Å². The van der Waals surface area contributed by atoms with Crippen LogP contribution in [0.1, 0.15) is 10.5 Å². The highest BCUT2D eigenvalue weighted by atomic mass is 16.5. The van der Waals surface area contributed by atoms with Crippen LogP contribution < -0.4 is 9.47 Å². The molecule has 1 aromatic heterocycles. The van der Waals surface area contributed by atoms with Crippen molar-refractivity contribution in [1.82, 2.24) is 9.78 Å². The lowest BCUT2D eigenvalue weighted by molar-refractivity contribution is 0.0689. The molecule has 2 aromatic rings. The molecule has 0 bridgehead atoms. The molecule has 0 saturated heterocycles. The Bertz CT molecular complexity index is 548. The SMILES string of the molecule is COc1ccc(OCCn2ccc(C(=O)O)n2)cc1. The number of methoxy groups -OCH3 is 1. The Balaban J connectivity index is 1.83. The van der Waals surface area contributed by atoms with Gasteiger partial charge in [0.25, 0.3) is 0 Å². The number of aromatic nitrogens is 2. The zero-order chi connectivity index (χ0) is 13.7. The van der Waals surface area contributed by atoms with Gasteiger partial charge in [0, 0.05) is 6.20 Å². The van der Waals surface area contributed by atoms with Crippen molar-refractivity contribution in [2.75, 3.05) is 13.7 Å². The van der Waals surface area contributed by atoms with Gasteiger partial charge in [-0.3, -0.25) is 4.68 Å². The van der Waals surface area contributed by atoms with E-state index < -0.39 is 5.97 Å². The van der Waals surface area contributed by atoms with E-state index in [2.05, 4.69) is 5.10 Å². The molecular formula is C13H14N2O4. The lowest BCUT2D eigenvalue weighted by Gasteiger charge is -2.07. The smallest absolute Gasteiger partial charge is 0.356 e. The minimum atomic E-state index is -1.03. The highest BCUT2D eigenvalue weighted by Crippen LogP contribution is 2.16. The second-order valence-corrected chi connectivity index (χ2v) is 3.79. The van der Waals surface area contributed by atoms with Gasteiger partial charge in [-0.15, -0.1) is 0 Å². The summed E-state index contributed by atoms with van der Waals surface area (Å²) in [6, 6.07) is 8.70. The fraction of sp³-hybridized carbons (Fsp3) is 0.231. The van der Waals surface area contributed by atoms with E-state index in [0.717, 1.165) is 11.5 Å². The molecule has 0 amide bonds. The summed E-state index contributed by atoms with van der Waals surface area (Å²) in [5.41, 5.74) is 0.0319. The topological polar surface area (TPSA) is 73.6 Å². The molecule has 6 nitrogen and oxygen atoms in total. The van der Waals surface area contributed by atoms with Crippen molar-refractivity contribution in [1.29, 1.82) is 0 Å². The molecule has 0 fully saturated rings. The molecule has 0 saturated carbocycles. The molecule has 100 valence electrons. The van der Waals surface area contributed by atoms with Crippen LogP contribution in [0.4, 0.5) is 0 Å². The van der Waals surface area contributed by atoms with Gasteiger partial charge >= 0.3 is 5.97 Å². The second kappa shape index (κ2) is 5.90. The summed E-state index contributed by atoms with van der Waals surface area (Å²) in [6.07, 6.45) is 1.61. The van der Waals surface area contributed by atoms with E-state index in [-0.39, 0.29) is 5.69 Å². The first-order chi connectivity index (χ1) is 9.19. The molecule has 6 heteroatoms. The predicted octanol–water partition coefficient (Wildman–Crippen LogP) is 1.67. The molecule has 1 aromatic carbocycles. The third-order valence-corrected chi connectivity index (χ3v) is 2.51. The van der Waals surface area contributed by atoms with Crippen molar-refractivity contribution in [2.45, 2.75) is 6.54 Å². The molecule has 2 rings (SSSR count). The van der Waals surface area contributed by atoms with Crippen LogP contribution in [0, 0.1) is 0 Å². The highest BCUT2D eigenvalue weighted by Gasteiger charge is 2.06.